The molecular weight excluding hydrogens is 210 g/mol. The first kappa shape index (κ1) is 12.5. The van der Waals surface area contributed by atoms with Crippen molar-refractivity contribution in [2.24, 2.45) is 5.92 Å². The van der Waals surface area contributed by atoms with Crippen molar-refractivity contribution in [3.05, 3.63) is 30.1 Å². The zero-order valence-corrected chi connectivity index (χ0v) is 10.9. The van der Waals surface area contributed by atoms with E-state index in [0.717, 1.165) is 12.5 Å². The third kappa shape index (κ3) is 3.51. The average molecular weight is 233 g/mol. The maximum Gasteiger partial charge on any atom is 0.0543 e. The number of aromatic nitrogens is 1. The maximum atomic E-state index is 4.39. The van der Waals surface area contributed by atoms with E-state index in [9.17, 15) is 0 Å². The van der Waals surface area contributed by atoms with E-state index in [1.807, 2.05) is 12.3 Å². The molecule has 0 bridgehead atoms. The molecule has 1 aromatic rings. The molecule has 2 heterocycles. The Labute approximate surface area is 104 Å². The summed E-state index contributed by atoms with van der Waals surface area (Å²) in [7, 11) is 2.06. The van der Waals surface area contributed by atoms with Crippen LogP contribution in [0, 0.1) is 5.92 Å². The second-order valence-electron chi connectivity index (χ2n) is 5.01. The quantitative estimate of drug-likeness (QED) is 0.861. The second kappa shape index (κ2) is 6.12. The summed E-state index contributed by atoms with van der Waals surface area (Å²) in [6, 6.07) is 6.80. The fourth-order valence-electron chi connectivity index (χ4n) is 2.57. The number of piperidine rings is 1. The lowest BCUT2D eigenvalue weighted by atomic mass is 9.90. The lowest BCUT2D eigenvalue weighted by Gasteiger charge is -2.34. The number of rotatable bonds is 4. The van der Waals surface area contributed by atoms with Crippen LogP contribution in [0.25, 0.3) is 0 Å². The van der Waals surface area contributed by atoms with Gasteiger partial charge in [-0.2, -0.15) is 0 Å². The summed E-state index contributed by atoms with van der Waals surface area (Å²) in [5.41, 5.74) is 1.19. The Bertz CT molecular complexity index is 317. The highest BCUT2D eigenvalue weighted by Crippen LogP contribution is 2.21. The Morgan fingerprint density at radius 1 is 1.41 bits per heavy atom. The monoisotopic (exact) mass is 233 g/mol. The summed E-state index contributed by atoms with van der Waals surface area (Å²) in [5.74, 6) is 0.833. The van der Waals surface area contributed by atoms with E-state index in [2.05, 4.69) is 41.3 Å². The van der Waals surface area contributed by atoms with E-state index in [-0.39, 0.29) is 0 Å². The van der Waals surface area contributed by atoms with Gasteiger partial charge in [0, 0.05) is 18.8 Å². The predicted molar refractivity (Wildman–Crippen MR) is 70.8 cm³/mol. The summed E-state index contributed by atoms with van der Waals surface area (Å²) >= 11 is 0. The molecule has 0 aliphatic carbocycles. The molecule has 3 heteroatoms. The van der Waals surface area contributed by atoms with Gasteiger partial charge in [0.05, 0.1) is 5.69 Å². The molecule has 0 amide bonds. The average Bonchev–Trinajstić information content (AvgIpc) is 2.40. The predicted octanol–water partition coefficient (Wildman–Crippen LogP) is 1.90. The molecule has 17 heavy (non-hydrogen) atoms. The lowest BCUT2D eigenvalue weighted by Crippen LogP contribution is -2.40. The molecule has 1 fully saturated rings. The van der Waals surface area contributed by atoms with Crippen LogP contribution in [0.5, 0.6) is 0 Å². The molecule has 0 radical (unpaired) electrons. The maximum absolute atomic E-state index is 4.39. The van der Waals surface area contributed by atoms with Crippen LogP contribution >= 0.6 is 0 Å². The van der Waals surface area contributed by atoms with Crippen molar-refractivity contribution >= 4 is 0 Å². The van der Waals surface area contributed by atoms with Gasteiger partial charge in [0.2, 0.25) is 0 Å². The van der Waals surface area contributed by atoms with Gasteiger partial charge in [-0.1, -0.05) is 6.07 Å². The molecule has 3 nitrogen and oxygen atoms in total. The highest BCUT2D eigenvalue weighted by molar-refractivity contribution is 5.03. The largest absolute Gasteiger partial charge is 0.317 e. The fraction of sp³-hybridized carbons (Fsp3) is 0.643. The molecule has 1 N–H and O–H groups in total. The topological polar surface area (TPSA) is 28.2 Å². The van der Waals surface area contributed by atoms with Crippen molar-refractivity contribution in [3.8, 4) is 0 Å². The van der Waals surface area contributed by atoms with Gasteiger partial charge in [0.15, 0.2) is 0 Å². The molecular formula is C14H23N3. The molecule has 0 spiro atoms. The normalized spacial score (nSPS) is 20.4. The van der Waals surface area contributed by atoms with E-state index < -0.39 is 0 Å². The van der Waals surface area contributed by atoms with Crippen molar-refractivity contribution in [3.63, 3.8) is 0 Å². The third-order valence-electron chi connectivity index (χ3n) is 3.91. The van der Waals surface area contributed by atoms with Crippen LogP contribution in [0.4, 0.5) is 0 Å². The standard InChI is InChI=1S/C14H23N3/c1-12(15-2)13-6-9-17(10-7-13)11-14-5-3-4-8-16-14/h3-5,8,12-13,15H,6-7,9-11H2,1-2H3. The molecule has 1 unspecified atom stereocenters. The Hall–Kier alpha value is -0.930. The van der Waals surface area contributed by atoms with Gasteiger partial charge < -0.3 is 5.32 Å². The van der Waals surface area contributed by atoms with Crippen molar-refractivity contribution < 1.29 is 0 Å². The van der Waals surface area contributed by atoms with Crippen LogP contribution in [-0.4, -0.2) is 36.1 Å². The highest BCUT2D eigenvalue weighted by atomic mass is 15.1. The first-order valence-corrected chi connectivity index (χ1v) is 6.59. The number of nitrogens with zero attached hydrogens (tertiary/aromatic N) is 2. The molecule has 2 rings (SSSR count). The van der Waals surface area contributed by atoms with E-state index in [0.29, 0.717) is 6.04 Å². The van der Waals surface area contributed by atoms with Crippen molar-refractivity contribution in [2.75, 3.05) is 20.1 Å². The van der Waals surface area contributed by atoms with Crippen LogP contribution in [0.15, 0.2) is 24.4 Å². The van der Waals surface area contributed by atoms with Gasteiger partial charge in [0.1, 0.15) is 0 Å². The lowest BCUT2D eigenvalue weighted by molar-refractivity contribution is 0.157. The Balaban J connectivity index is 1.80. The van der Waals surface area contributed by atoms with Crippen molar-refractivity contribution in [1.29, 1.82) is 0 Å². The Kier molecular flexibility index (Phi) is 4.51. The van der Waals surface area contributed by atoms with Crippen LogP contribution < -0.4 is 5.32 Å². The zero-order chi connectivity index (χ0) is 12.1. The van der Waals surface area contributed by atoms with Crippen LogP contribution in [0.3, 0.4) is 0 Å². The molecule has 1 aromatic heterocycles. The van der Waals surface area contributed by atoms with E-state index >= 15 is 0 Å². The third-order valence-corrected chi connectivity index (χ3v) is 3.91. The molecule has 1 aliphatic rings. The summed E-state index contributed by atoms with van der Waals surface area (Å²) < 4.78 is 0. The molecule has 1 aliphatic heterocycles. The minimum absolute atomic E-state index is 0.645. The number of pyridine rings is 1. The smallest absolute Gasteiger partial charge is 0.0543 e. The summed E-state index contributed by atoms with van der Waals surface area (Å²) in [5, 5.41) is 3.37. The van der Waals surface area contributed by atoms with Crippen molar-refractivity contribution in [2.45, 2.75) is 32.4 Å². The minimum Gasteiger partial charge on any atom is -0.317 e. The molecule has 0 saturated carbocycles. The van der Waals surface area contributed by atoms with E-state index in [1.165, 1.54) is 31.6 Å². The van der Waals surface area contributed by atoms with E-state index in [1.54, 1.807) is 0 Å². The summed E-state index contributed by atoms with van der Waals surface area (Å²) in [6.07, 6.45) is 4.48. The summed E-state index contributed by atoms with van der Waals surface area (Å²) in [6.45, 7) is 5.70. The summed E-state index contributed by atoms with van der Waals surface area (Å²) in [4.78, 5) is 6.90. The Morgan fingerprint density at radius 2 is 2.18 bits per heavy atom. The van der Waals surface area contributed by atoms with Gasteiger partial charge in [-0.15, -0.1) is 0 Å². The first-order chi connectivity index (χ1) is 8.29. The van der Waals surface area contributed by atoms with Crippen LogP contribution in [0.2, 0.25) is 0 Å². The SMILES string of the molecule is CNC(C)C1CCN(Cc2ccccn2)CC1. The first-order valence-electron chi connectivity index (χ1n) is 6.59. The molecule has 0 aromatic carbocycles. The molecule has 1 saturated heterocycles. The molecule has 1 atom stereocenters. The highest BCUT2D eigenvalue weighted by Gasteiger charge is 2.22. The van der Waals surface area contributed by atoms with Gasteiger partial charge >= 0.3 is 0 Å². The zero-order valence-electron chi connectivity index (χ0n) is 10.9. The number of hydrogen-bond donors (Lipinski definition) is 1. The number of likely N-dealkylation sites (tertiary alicyclic amines) is 1. The van der Waals surface area contributed by atoms with Gasteiger partial charge in [0.25, 0.3) is 0 Å². The van der Waals surface area contributed by atoms with Gasteiger partial charge in [-0.3, -0.25) is 9.88 Å². The number of nitrogens with one attached hydrogen (secondary N) is 1. The van der Waals surface area contributed by atoms with Crippen molar-refractivity contribution in [1.82, 2.24) is 15.2 Å². The fourth-order valence-corrected chi connectivity index (χ4v) is 2.57. The second-order valence-corrected chi connectivity index (χ2v) is 5.01. The Morgan fingerprint density at radius 3 is 2.76 bits per heavy atom. The minimum atomic E-state index is 0.645. The molecule has 94 valence electrons. The number of hydrogen-bond acceptors (Lipinski definition) is 3. The van der Waals surface area contributed by atoms with Gasteiger partial charge in [-0.05, 0) is 58.0 Å². The van der Waals surface area contributed by atoms with Crippen LogP contribution in [0.1, 0.15) is 25.5 Å². The van der Waals surface area contributed by atoms with Gasteiger partial charge in [-0.25, -0.2) is 0 Å². The van der Waals surface area contributed by atoms with E-state index in [4.69, 9.17) is 0 Å². The van der Waals surface area contributed by atoms with Crippen LogP contribution in [-0.2, 0) is 6.54 Å².